The first-order valence-electron chi connectivity index (χ1n) is 5.30. The number of hydrogen-bond acceptors (Lipinski definition) is 2. The number of nitrogens with one attached hydrogen (secondary N) is 3. The van der Waals surface area contributed by atoms with Gasteiger partial charge in [0, 0.05) is 18.8 Å². The van der Waals surface area contributed by atoms with Gasteiger partial charge in [-0.15, -0.1) is 0 Å². The van der Waals surface area contributed by atoms with E-state index in [0.29, 0.717) is 41.7 Å². The number of benzene rings is 1. The van der Waals surface area contributed by atoms with Crippen LogP contribution >= 0.6 is 23.2 Å². The molecule has 0 fully saturated rings. The average Bonchev–Trinajstić information content (AvgIpc) is 2.34. The number of rotatable bonds is 6. The monoisotopic (exact) mass is 289 g/mol. The Balaban J connectivity index is 2.31. The van der Waals surface area contributed by atoms with E-state index in [2.05, 4.69) is 16.0 Å². The molecule has 1 aromatic rings. The van der Waals surface area contributed by atoms with E-state index in [1.54, 1.807) is 18.2 Å². The Morgan fingerprint density at radius 1 is 1.22 bits per heavy atom. The minimum absolute atomic E-state index is 0.334. The zero-order chi connectivity index (χ0) is 13.4. The van der Waals surface area contributed by atoms with Crippen molar-refractivity contribution in [3.05, 3.63) is 28.2 Å². The number of amides is 3. The number of urea groups is 1. The topological polar surface area (TPSA) is 70.2 Å². The molecule has 7 heteroatoms. The molecule has 0 aliphatic heterocycles. The van der Waals surface area contributed by atoms with Gasteiger partial charge in [-0.05, 0) is 24.6 Å². The second kappa shape index (κ2) is 7.79. The largest absolute Gasteiger partial charge is 0.359 e. The highest BCUT2D eigenvalue weighted by Crippen LogP contribution is 2.24. The van der Waals surface area contributed by atoms with Crippen molar-refractivity contribution < 1.29 is 9.59 Å². The van der Waals surface area contributed by atoms with Crippen LogP contribution < -0.4 is 16.0 Å². The SMILES string of the molecule is O=CNCCCNC(=O)Nc1ccc(Cl)c(Cl)c1. The fourth-order valence-corrected chi connectivity index (χ4v) is 1.50. The summed E-state index contributed by atoms with van der Waals surface area (Å²) in [7, 11) is 0. The number of hydrogen-bond donors (Lipinski definition) is 3. The molecule has 0 heterocycles. The maximum atomic E-state index is 11.5. The van der Waals surface area contributed by atoms with Crippen molar-refractivity contribution in [2.24, 2.45) is 0 Å². The highest BCUT2D eigenvalue weighted by Gasteiger charge is 2.03. The van der Waals surface area contributed by atoms with Gasteiger partial charge in [0.25, 0.3) is 0 Å². The minimum atomic E-state index is -0.334. The van der Waals surface area contributed by atoms with Crippen LogP contribution in [-0.2, 0) is 4.79 Å². The summed E-state index contributed by atoms with van der Waals surface area (Å²) >= 11 is 11.6. The zero-order valence-corrected chi connectivity index (χ0v) is 11.0. The number of anilines is 1. The summed E-state index contributed by atoms with van der Waals surface area (Å²) in [4.78, 5) is 21.4. The van der Waals surface area contributed by atoms with Gasteiger partial charge in [-0.1, -0.05) is 23.2 Å². The first kappa shape index (κ1) is 14.6. The normalized spacial score (nSPS) is 9.67. The molecule has 0 aromatic heterocycles. The fourth-order valence-electron chi connectivity index (χ4n) is 1.20. The van der Waals surface area contributed by atoms with Crippen LogP contribution in [0.5, 0.6) is 0 Å². The van der Waals surface area contributed by atoms with E-state index in [1.807, 2.05) is 0 Å². The average molecular weight is 290 g/mol. The standard InChI is InChI=1S/C11H13Cl2N3O2/c12-9-3-2-8(6-10(9)13)16-11(18)15-5-1-4-14-7-17/h2-3,6-7H,1,4-5H2,(H,14,17)(H2,15,16,18). The van der Waals surface area contributed by atoms with Crippen LogP contribution in [0.25, 0.3) is 0 Å². The smallest absolute Gasteiger partial charge is 0.319 e. The number of carbonyl (C=O) groups excluding carboxylic acids is 2. The number of carbonyl (C=O) groups is 2. The van der Waals surface area contributed by atoms with Gasteiger partial charge in [0.1, 0.15) is 0 Å². The van der Waals surface area contributed by atoms with E-state index in [-0.39, 0.29) is 6.03 Å². The summed E-state index contributed by atoms with van der Waals surface area (Å²) in [6.07, 6.45) is 1.28. The molecule has 18 heavy (non-hydrogen) atoms. The van der Waals surface area contributed by atoms with E-state index in [1.165, 1.54) is 0 Å². The van der Waals surface area contributed by atoms with E-state index < -0.39 is 0 Å². The number of halogens is 2. The maximum absolute atomic E-state index is 11.5. The second-order valence-corrected chi connectivity index (χ2v) is 4.25. The van der Waals surface area contributed by atoms with Gasteiger partial charge in [0.15, 0.2) is 0 Å². The zero-order valence-electron chi connectivity index (χ0n) is 9.50. The highest BCUT2D eigenvalue weighted by atomic mass is 35.5. The molecule has 3 N–H and O–H groups in total. The van der Waals surface area contributed by atoms with E-state index in [4.69, 9.17) is 23.2 Å². The first-order valence-corrected chi connectivity index (χ1v) is 6.06. The van der Waals surface area contributed by atoms with Crippen molar-refractivity contribution in [3.8, 4) is 0 Å². The quantitative estimate of drug-likeness (QED) is 0.555. The Kier molecular flexibility index (Phi) is 6.32. The molecule has 0 unspecified atom stereocenters. The predicted octanol–water partition coefficient (Wildman–Crippen LogP) is 2.25. The highest BCUT2D eigenvalue weighted by molar-refractivity contribution is 6.42. The molecule has 0 radical (unpaired) electrons. The van der Waals surface area contributed by atoms with Crippen molar-refractivity contribution >= 4 is 41.3 Å². The maximum Gasteiger partial charge on any atom is 0.319 e. The van der Waals surface area contributed by atoms with Gasteiger partial charge >= 0.3 is 6.03 Å². The fraction of sp³-hybridized carbons (Fsp3) is 0.273. The van der Waals surface area contributed by atoms with Crippen LogP contribution in [0.1, 0.15) is 6.42 Å². The Labute approximate surface area is 115 Å². The lowest BCUT2D eigenvalue weighted by Crippen LogP contribution is -2.31. The second-order valence-electron chi connectivity index (χ2n) is 3.44. The van der Waals surface area contributed by atoms with Crippen LogP contribution in [0.2, 0.25) is 10.0 Å². The van der Waals surface area contributed by atoms with E-state index in [9.17, 15) is 9.59 Å². The third-order valence-corrected chi connectivity index (χ3v) is 2.78. The molecule has 0 aliphatic carbocycles. The summed E-state index contributed by atoms with van der Waals surface area (Å²) in [5.41, 5.74) is 0.563. The van der Waals surface area contributed by atoms with Gasteiger partial charge in [0.2, 0.25) is 6.41 Å². The van der Waals surface area contributed by atoms with Crippen LogP contribution in [0, 0.1) is 0 Å². The molecule has 1 aromatic carbocycles. The molecule has 0 bridgehead atoms. The lowest BCUT2D eigenvalue weighted by Gasteiger charge is -2.08. The third kappa shape index (κ3) is 5.25. The van der Waals surface area contributed by atoms with Gasteiger partial charge in [0.05, 0.1) is 10.0 Å². The lowest BCUT2D eigenvalue weighted by atomic mass is 10.3. The summed E-state index contributed by atoms with van der Waals surface area (Å²) < 4.78 is 0. The van der Waals surface area contributed by atoms with Gasteiger partial charge < -0.3 is 16.0 Å². The third-order valence-electron chi connectivity index (χ3n) is 2.04. The minimum Gasteiger partial charge on any atom is -0.359 e. The summed E-state index contributed by atoms with van der Waals surface area (Å²) in [6, 6.07) is 4.49. The van der Waals surface area contributed by atoms with E-state index in [0.717, 1.165) is 0 Å². The lowest BCUT2D eigenvalue weighted by molar-refractivity contribution is -0.109. The summed E-state index contributed by atoms with van der Waals surface area (Å²) in [5, 5.41) is 8.57. The molecular formula is C11H13Cl2N3O2. The summed E-state index contributed by atoms with van der Waals surface area (Å²) in [6.45, 7) is 0.991. The van der Waals surface area contributed by atoms with Crippen LogP contribution in [0.3, 0.4) is 0 Å². The van der Waals surface area contributed by atoms with Crippen molar-refractivity contribution in [2.45, 2.75) is 6.42 Å². The van der Waals surface area contributed by atoms with Gasteiger partial charge in [-0.3, -0.25) is 4.79 Å². The Bertz CT molecular complexity index is 427. The summed E-state index contributed by atoms with van der Waals surface area (Å²) in [5.74, 6) is 0. The molecule has 3 amide bonds. The molecule has 0 atom stereocenters. The first-order chi connectivity index (χ1) is 8.63. The van der Waals surface area contributed by atoms with E-state index >= 15 is 0 Å². The molecule has 0 saturated carbocycles. The molecule has 1 rings (SSSR count). The predicted molar refractivity (Wildman–Crippen MR) is 72.2 cm³/mol. The van der Waals surface area contributed by atoms with Crippen molar-refractivity contribution in [2.75, 3.05) is 18.4 Å². The Morgan fingerprint density at radius 3 is 2.67 bits per heavy atom. The molecule has 0 spiro atoms. The molecule has 5 nitrogen and oxygen atoms in total. The Hall–Kier alpha value is -1.46. The molecule has 0 saturated heterocycles. The Morgan fingerprint density at radius 2 is 2.00 bits per heavy atom. The molecule has 0 aliphatic rings. The molecule has 98 valence electrons. The van der Waals surface area contributed by atoms with Crippen molar-refractivity contribution in [1.29, 1.82) is 0 Å². The van der Waals surface area contributed by atoms with Gasteiger partial charge in [-0.2, -0.15) is 0 Å². The van der Waals surface area contributed by atoms with Crippen LogP contribution in [0.15, 0.2) is 18.2 Å². The molecular weight excluding hydrogens is 277 g/mol. The van der Waals surface area contributed by atoms with Crippen molar-refractivity contribution in [3.63, 3.8) is 0 Å². The van der Waals surface area contributed by atoms with Gasteiger partial charge in [-0.25, -0.2) is 4.79 Å². The van der Waals surface area contributed by atoms with Crippen LogP contribution in [0.4, 0.5) is 10.5 Å². The van der Waals surface area contributed by atoms with Crippen molar-refractivity contribution in [1.82, 2.24) is 10.6 Å². The van der Waals surface area contributed by atoms with Crippen LogP contribution in [-0.4, -0.2) is 25.5 Å².